The van der Waals surface area contributed by atoms with Gasteiger partial charge in [0, 0.05) is 0 Å². The number of nitrogens with one attached hydrogen (secondary N) is 2. The van der Waals surface area contributed by atoms with Crippen LogP contribution in [0.5, 0.6) is 0 Å². The molecule has 2 aromatic heterocycles. The van der Waals surface area contributed by atoms with E-state index in [9.17, 15) is 4.39 Å². The van der Waals surface area contributed by atoms with Crippen LogP contribution in [0.15, 0.2) is 22.7 Å². The van der Waals surface area contributed by atoms with Crippen LogP contribution in [-0.2, 0) is 0 Å². The Balaban J connectivity index is 2.27. The zero-order chi connectivity index (χ0) is 10.7. The minimum atomic E-state index is -0.546. The van der Waals surface area contributed by atoms with Gasteiger partial charge >= 0.3 is 0 Å². The Morgan fingerprint density at radius 2 is 2.33 bits per heavy atom. The fourth-order valence-electron chi connectivity index (χ4n) is 0.828. The molecule has 0 aliphatic heterocycles. The van der Waals surface area contributed by atoms with E-state index in [0.717, 1.165) is 18.0 Å². The minimum absolute atomic E-state index is 0.120. The SMILES string of the molecule is NNc1ncc(F)c(Sc2ncn[nH]2)n1. The number of hydrogen-bond acceptors (Lipinski definition) is 7. The number of hydrazine groups is 1. The van der Waals surface area contributed by atoms with Gasteiger partial charge in [0.1, 0.15) is 11.4 Å². The third kappa shape index (κ3) is 2.19. The van der Waals surface area contributed by atoms with Crippen molar-refractivity contribution in [2.75, 3.05) is 5.43 Å². The molecule has 0 aliphatic rings. The molecule has 0 fully saturated rings. The second kappa shape index (κ2) is 4.19. The summed E-state index contributed by atoms with van der Waals surface area (Å²) in [5.41, 5.74) is 2.23. The molecule has 9 heteroatoms. The van der Waals surface area contributed by atoms with E-state index in [1.54, 1.807) is 0 Å². The fourth-order valence-corrected chi connectivity index (χ4v) is 1.49. The molecule has 0 radical (unpaired) electrons. The Morgan fingerprint density at radius 1 is 1.47 bits per heavy atom. The summed E-state index contributed by atoms with van der Waals surface area (Å²) in [6.45, 7) is 0. The van der Waals surface area contributed by atoms with E-state index in [4.69, 9.17) is 5.84 Å². The average molecular weight is 227 g/mol. The van der Waals surface area contributed by atoms with Gasteiger partial charge in [-0.2, -0.15) is 5.10 Å². The molecule has 2 rings (SSSR count). The fraction of sp³-hybridized carbons (Fsp3) is 0. The van der Waals surface area contributed by atoms with Gasteiger partial charge in [-0.15, -0.1) is 0 Å². The molecule has 78 valence electrons. The van der Waals surface area contributed by atoms with Crippen molar-refractivity contribution in [2.24, 2.45) is 5.84 Å². The lowest BCUT2D eigenvalue weighted by atomic mass is 10.6. The van der Waals surface area contributed by atoms with Crippen LogP contribution in [0.25, 0.3) is 0 Å². The summed E-state index contributed by atoms with van der Waals surface area (Å²) in [4.78, 5) is 11.2. The number of aromatic amines is 1. The molecule has 0 saturated heterocycles. The highest BCUT2D eigenvalue weighted by Crippen LogP contribution is 2.24. The van der Waals surface area contributed by atoms with E-state index < -0.39 is 5.82 Å². The van der Waals surface area contributed by atoms with Gasteiger partial charge in [0.25, 0.3) is 0 Å². The third-order valence-corrected chi connectivity index (χ3v) is 2.30. The number of nitrogens with two attached hydrogens (primary N) is 1. The number of rotatable bonds is 3. The molecular weight excluding hydrogens is 221 g/mol. The lowest BCUT2D eigenvalue weighted by molar-refractivity contribution is 0.579. The van der Waals surface area contributed by atoms with Gasteiger partial charge < -0.3 is 0 Å². The highest BCUT2D eigenvalue weighted by Gasteiger charge is 2.09. The highest BCUT2D eigenvalue weighted by molar-refractivity contribution is 7.99. The van der Waals surface area contributed by atoms with Gasteiger partial charge in [-0.05, 0) is 11.8 Å². The Hall–Kier alpha value is -1.74. The monoisotopic (exact) mass is 227 g/mol. The van der Waals surface area contributed by atoms with Crippen molar-refractivity contribution in [1.29, 1.82) is 0 Å². The number of halogens is 1. The van der Waals surface area contributed by atoms with E-state index in [-0.39, 0.29) is 11.0 Å². The lowest BCUT2D eigenvalue weighted by Gasteiger charge is -2.01. The molecule has 0 saturated carbocycles. The number of hydrogen-bond donors (Lipinski definition) is 3. The first kappa shape index (κ1) is 9.80. The van der Waals surface area contributed by atoms with Gasteiger partial charge in [0.15, 0.2) is 11.0 Å². The summed E-state index contributed by atoms with van der Waals surface area (Å²) in [6.07, 6.45) is 2.35. The minimum Gasteiger partial charge on any atom is -0.292 e. The molecule has 0 amide bonds. The van der Waals surface area contributed by atoms with Crippen LogP contribution in [0, 0.1) is 5.82 Å². The third-order valence-electron chi connectivity index (χ3n) is 1.43. The first-order valence-corrected chi connectivity index (χ1v) is 4.63. The van der Waals surface area contributed by atoms with Gasteiger partial charge in [0.2, 0.25) is 5.95 Å². The largest absolute Gasteiger partial charge is 0.292 e. The van der Waals surface area contributed by atoms with Crippen LogP contribution < -0.4 is 11.3 Å². The molecule has 15 heavy (non-hydrogen) atoms. The molecule has 2 heterocycles. The van der Waals surface area contributed by atoms with Crippen LogP contribution in [0.1, 0.15) is 0 Å². The first-order chi connectivity index (χ1) is 7.29. The molecular formula is C6H6FN7S. The van der Waals surface area contributed by atoms with Crippen LogP contribution in [0.3, 0.4) is 0 Å². The van der Waals surface area contributed by atoms with Gasteiger partial charge in [-0.1, -0.05) is 0 Å². The average Bonchev–Trinajstić information content (AvgIpc) is 2.74. The molecule has 2 aromatic rings. The Morgan fingerprint density at radius 3 is 3.00 bits per heavy atom. The molecule has 7 nitrogen and oxygen atoms in total. The Kier molecular flexibility index (Phi) is 2.74. The Bertz CT molecular complexity index is 445. The van der Waals surface area contributed by atoms with Gasteiger partial charge in [0.05, 0.1) is 6.20 Å². The zero-order valence-electron chi connectivity index (χ0n) is 7.31. The van der Waals surface area contributed by atoms with Crippen LogP contribution >= 0.6 is 11.8 Å². The molecule has 4 N–H and O–H groups in total. The summed E-state index contributed by atoms with van der Waals surface area (Å²) >= 11 is 1.000. The maximum absolute atomic E-state index is 13.2. The molecule has 0 bridgehead atoms. The van der Waals surface area contributed by atoms with Crippen LogP contribution in [0.4, 0.5) is 10.3 Å². The second-order valence-electron chi connectivity index (χ2n) is 2.38. The molecule has 0 spiro atoms. The number of anilines is 1. The van der Waals surface area contributed by atoms with Crippen molar-refractivity contribution in [1.82, 2.24) is 25.1 Å². The van der Waals surface area contributed by atoms with E-state index in [1.165, 1.54) is 6.33 Å². The normalized spacial score (nSPS) is 10.3. The summed E-state index contributed by atoms with van der Waals surface area (Å²) in [5.74, 6) is 4.69. The van der Waals surface area contributed by atoms with Crippen molar-refractivity contribution in [3.63, 3.8) is 0 Å². The molecule has 0 aliphatic carbocycles. The van der Waals surface area contributed by atoms with Crippen LogP contribution in [0.2, 0.25) is 0 Å². The van der Waals surface area contributed by atoms with E-state index in [0.29, 0.717) is 5.16 Å². The lowest BCUT2D eigenvalue weighted by Crippen LogP contribution is -2.11. The van der Waals surface area contributed by atoms with Crippen molar-refractivity contribution >= 4 is 17.7 Å². The zero-order valence-corrected chi connectivity index (χ0v) is 8.12. The van der Waals surface area contributed by atoms with Gasteiger partial charge in [-0.3, -0.25) is 10.5 Å². The second-order valence-corrected chi connectivity index (χ2v) is 3.36. The van der Waals surface area contributed by atoms with E-state index >= 15 is 0 Å². The summed E-state index contributed by atoms with van der Waals surface area (Å²) in [6, 6.07) is 0. The van der Waals surface area contributed by atoms with Crippen molar-refractivity contribution in [3.05, 3.63) is 18.3 Å². The predicted molar refractivity (Wildman–Crippen MR) is 50.3 cm³/mol. The standard InChI is InChI=1S/C6H6FN7S/c7-3-1-9-5(13-8)12-4(3)15-6-10-2-11-14-6/h1-2H,8H2,(H,9,12,13)(H,10,11,14). The first-order valence-electron chi connectivity index (χ1n) is 3.82. The van der Waals surface area contributed by atoms with Gasteiger partial charge in [-0.25, -0.2) is 25.2 Å². The van der Waals surface area contributed by atoms with Crippen molar-refractivity contribution in [2.45, 2.75) is 10.2 Å². The van der Waals surface area contributed by atoms with Crippen molar-refractivity contribution in [3.8, 4) is 0 Å². The topological polar surface area (TPSA) is 105 Å². The smallest absolute Gasteiger partial charge is 0.238 e. The quantitative estimate of drug-likeness (QED) is 0.390. The predicted octanol–water partition coefficient (Wildman–Crippen LogP) is 0.171. The number of nitrogen functional groups attached to an aromatic ring is 1. The van der Waals surface area contributed by atoms with Crippen LogP contribution in [-0.4, -0.2) is 25.1 Å². The highest BCUT2D eigenvalue weighted by atomic mass is 32.2. The summed E-state index contributed by atoms with van der Waals surface area (Å²) < 4.78 is 13.2. The summed E-state index contributed by atoms with van der Waals surface area (Å²) in [7, 11) is 0. The summed E-state index contributed by atoms with van der Waals surface area (Å²) in [5, 5.41) is 6.76. The number of H-pyrrole nitrogens is 1. The maximum atomic E-state index is 13.2. The van der Waals surface area contributed by atoms with Crippen molar-refractivity contribution < 1.29 is 4.39 Å². The van der Waals surface area contributed by atoms with E-state index in [1.807, 2.05) is 0 Å². The van der Waals surface area contributed by atoms with E-state index in [2.05, 4.69) is 30.6 Å². The molecule has 0 aromatic carbocycles. The number of nitrogens with zero attached hydrogens (tertiary/aromatic N) is 4. The molecule has 0 atom stereocenters. The molecule has 0 unspecified atom stereocenters. The Labute approximate surface area is 87.7 Å². The number of aromatic nitrogens is 5. The maximum Gasteiger partial charge on any atom is 0.238 e.